The van der Waals surface area contributed by atoms with Crippen molar-refractivity contribution in [3.63, 3.8) is 0 Å². The molecule has 0 fully saturated rings. The van der Waals surface area contributed by atoms with Gasteiger partial charge in [0.25, 0.3) is 0 Å². The zero-order chi connectivity index (χ0) is 12.1. The molecule has 0 aliphatic rings. The predicted molar refractivity (Wildman–Crippen MR) is 67.1 cm³/mol. The van der Waals surface area contributed by atoms with Gasteiger partial charge in [-0.05, 0) is 23.6 Å². The second kappa shape index (κ2) is 5.54. The van der Waals surface area contributed by atoms with Crippen LogP contribution in [0.15, 0.2) is 24.3 Å². The molecule has 1 unspecified atom stereocenters. The van der Waals surface area contributed by atoms with E-state index in [0.717, 1.165) is 5.75 Å². The minimum atomic E-state index is -0.0392. The van der Waals surface area contributed by atoms with Gasteiger partial charge in [0.1, 0.15) is 5.75 Å². The number of amidine groups is 1. The van der Waals surface area contributed by atoms with Crippen LogP contribution in [0, 0.1) is 11.3 Å². The lowest BCUT2D eigenvalue weighted by Gasteiger charge is -2.13. The Morgan fingerprint density at radius 1 is 1.38 bits per heavy atom. The van der Waals surface area contributed by atoms with Gasteiger partial charge in [0.2, 0.25) is 0 Å². The van der Waals surface area contributed by atoms with E-state index in [9.17, 15) is 0 Å². The third kappa shape index (κ3) is 3.57. The first-order valence-electron chi connectivity index (χ1n) is 5.57. The molecule has 1 aromatic rings. The predicted octanol–water partition coefficient (Wildman–Crippen LogP) is 2.76. The van der Waals surface area contributed by atoms with Crippen molar-refractivity contribution in [1.29, 1.82) is 5.41 Å². The van der Waals surface area contributed by atoms with Gasteiger partial charge < -0.3 is 10.5 Å². The van der Waals surface area contributed by atoms with Crippen LogP contribution in [-0.2, 0) is 0 Å². The van der Waals surface area contributed by atoms with Gasteiger partial charge in [-0.15, -0.1) is 0 Å². The van der Waals surface area contributed by atoms with Gasteiger partial charge in [-0.2, -0.15) is 0 Å². The largest absolute Gasteiger partial charge is 0.493 e. The van der Waals surface area contributed by atoms with Crippen LogP contribution in [0.25, 0.3) is 0 Å². The monoisotopic (exact) mass is 220 g/mol. The summed E-state index contributed by atoms with van der Waals surface area (Å²) in [6.45, 7) is 6.64. The van der Waals surface area contributed by atoms with Crippen molar-refractivity contribution >= 4 is 5.84 Å². The normalized spacial score (nSPS) is 12.5. The van der Waals surface area contributed by atoms with Crippen LogP contribution in [0.3, 0.4) is 0 Å². The maximum Gasteiger partial charge on any atom is 0.119 e. The van der Waals surface area contributed by atoms with Gasteiger partial charge in [0.15, 0.2) is 0 Å². The van der Waals surface area contributed by atoms with Crippen LogP contribution in [0.1, 0.15) is 32.3 Å². The van der Waals surface area contributed by atoms with Gasteiger partial charge in [0.05, 0.1) is 12.4 Å². The molecule has 1 atom stereocenters. The summed E-state index contributed by atoms with van der Waals surface area (Å²) in [5.41, 5.74) is 6.64. The van der Waals surface area contributed by atoms with E-state index in [1.54, 1.807) is 0 Å². The first-order chi connectivity index (χ1) is 7.50. The molecule has 16 heavy (non-hydrogen) atoms. The molecule has 0 spiro atoms. The fourth-order valence-corrected chi connectivity index (χ4v) is 1.27. The van der Waals surface area contributed by atoms with Crippen LogP contribution in [-0.4, -0.2) is 12.4 Å². The molecule has 0 bridgehead atoms. The van der Waals surface area contributed by atoms with E-state index in [0.29, 0.717) is 12.5 Å². The van der Waals surface area contributed by atoms with Gasteiger partial charge in [-0.1, -0.05) is 32.9 Å². The Bertz CT molecular complexity index is 361. The number of ether oxygens (including phenoxy) is 1. The molecule has 3 nitrogen and oxygen atoms in total. The number of nitrogens with two attached hydrogens (primary N) is 1. The van der Waals surface area contributed by atoms with Crippen LogP contribution in [0.4, 0.5) is 0 Å². The molecule has 0 aromatic heterocycles. The molecule has 3 N–H and O–H groups in total. The van der Waals surface area contributed by atoms with Gasteiger partial charge in [-0.3, -0.25) is 5.41 Å². The van der Waals surface area contributed by atoms with E-state index in [2.05, 4.69) is 19.9 Å². The molecule has 0 saturated carbocycles. The minimum Gasteiger partial charge on any atom is -0.493 e. The molecule has 3 heteroatoms. The number of hydrogen-bond acceptors (Lipinski definition) is 2. The molecule has 0 aliphatic heterocycles. The highest BCUT2D eigenvalue weighted by atomic mass is 16.5. The summed E-state index contributed by atoms with van der Waals surface area (Å²) in [5, 5.41) is 7.27. The third-order valence-electron chi connectivity index (χ3n) is 2.56. The number of nitrogens with one attached hydrogen (secondary N) is 1. The molecule has 0 amide bonds. The average molecular weight is 220 g/mol. The smallest absolute Gasteiger partial charge is 0.119 e. The molecule has 0 aliphatic carbocycles. The van der Waals surface area contributed by atoms with Crippen LogP contribution in [0.2, 0.25) is 0 Å². The van der Waals surface area contributed by atoms with E-state index >= 15 is 0 Å². The standard InChI is InChI=1S/C13H20N2O/c1-9(2)11-5-4-6-12(7-11)16-8-10(3)13(14)15/h4-7,9-10H,8H2,1-3H3,(H3,14,15). The summed E-state index contributed by atoms with van der Waals surface area (Å²) in [6, 6.07) is 8.05. The van der Waals surface area contributed by atoms with Crippen molar-refractivity contribution in [1.82, 2.24) is 0 Å². The Labute approximate surface area is 97.1 Å². The Morgan fingerprint density at radius 2 is 2.06 bits per heavy atom. The lowest BCUT2D eigenvalue weighted by atomic mass is 10.0. The highest BCUT2D eigenvalue weighted by Crippen LogP contribution is 2.20. The second-order valence-corrected chi connectivity index (χ2v) is 4.39. The Hall–Kier alpha value is -1.51. The van der Waals surface area contributed by atoms with Crippen molar-refractivity contribution < 1.29 is 4.74 Å². The average Bonchev–Trinajstić information content (AvgIpc) is 2.26. The van der Waals surface area contributed by atoms with E-state index in [1.165, 1.54) is 5.56 Å². The van der Waals surface area contributed by atoms with Crippen molar-refractivity contribution in [2.24, 2.45) is 11.7 Å². The maximum atomic E-state index is 7.27. The molecule has 1 rings (SSSR count). The highest BCUT2D eigenvalue weighted by molar-refractivity contribution is 5.79. The molecule has 88 valence electrons. The zero-order valence-corrected chi connectivity index (χ0v) is 10.2. The summed E-state index contributed by atoms with van der Waals surface area (Å²) < 4.78 is 5.60. The Kier molecular flexibility index (Phi) is 4.35. The summed E-state index contributed by atoms with van der Waals surface area (Å²) in [4.78, 5) is 0. The molecule has 0 saturated heterocycles. The second-order valence-electron chi connectivity index (χ2n) is 4.39. The number of hydrogen-bond donors (Lipinski definition) is 2. The van der Waals surface area contributed by atoms with E-state index in [-0.39, 0.29) is 11.8 Å². The molecule has 0 radical (unpaired) electrons. The number of benzene rings is 1. The van der Waals surface area contributed by atoms with E-state index in [4.69, 9.17) is 15.9 Å². The number of rotatable bonds is 5. The fraction of sp³-hybridized carbons (Fsp3) is 0.462. The summed E-state index contributed by atoms with van der Waals surface area (Å²) in [5.74, 6) is 1.47. The first-order valence-corrected chi connectivity index (χ1v) is 5.57. The van der Waals surface area contributed by atoms with Gasteiger partial charge in [0, 0.05) is 5.92 Å². The van der Waals surface area contributed by atoms with Crippen molar-refractivity contribution in [3.05, 3.63) is 29.8 Å². The lowest BCUT2D eigenvalue weighted by Crippen LogP contribution is -2.25. The lowest BCUT2D eigenvalue weighted by molar-refractivity contribution is 0.291. The molecule has 1 aromatic carbocycles. The van der Waals surface area contributed by atoms with Crippen LogP contribution >= 0.6 is 0 Å². The topological polar surface area (TPSA) is 59.1 Å². The minimum absolute atomic E-state index is 0.0392. The first kappa shape index (κ1) is 12.6. The van der Waals surface area contributed by atoms with Crippen LogP contribution < -0.4 is 10.5 Å². The zero-order valence-electron chi connectivity index (χ0n) is 10.2. The van der Waals surface area contributed by atoms with Gasteiger partial charge in [-0.25, -0.2) is 0 Å². The van der Waals surface area contributed by atoms with Gasteiger partial charge >= 0.3 is 0 Å². The summed E-state index contributed by atoms with van der Waals surface area (Å²) in [7, 11) is 0. The summed E-state index contributed by atoms with van der Waals surface area (Å²) in [6.07, 6.45) is 0. The molecule has 0 heterocycles. The third-order valence-corrected chi connectivity index (χ3v) is 2.56. The SMILES string of the molecule is CC(COc1cccc(C(C)C)c1)C(=N)N. The van der Waals surface area contributed by atoms with E-state index in [1.807, 2.05) is 25.1 Å². The Morgan fingerprint density at radius 3 is 2.62 bits per heavy atom. The van der Waals surface area contributed by atoms with Crippen molar-refractivity contribution in [2.45, 2.75) is 26.7 Å². The van der Waals surface area contributed by atoms with Crippen LogP contribution in [0.5, 0.6) is 5.75 Å². The van der Waals surface area contributed by atoms with Crippen molar-refractivity contribution in [3.8, 4) is 5.75 Å². The van der Waals surface area contributed by atoms with E-state index < -0.39 is 0 Å². The summed E-state index contributed by atoms with van der Waals surface area (Å²) >= 11 is 0. The Balaban J connectivity index is 2.60. The van der Waals surface area contributed by atoms with Crippen molar-refractivity contribution in [2.75, 3.05) is 6.61 Å². The maximum absolute atomic E-state index is 7.27. The highest BCUT2D eigenvalue weighted by Gasteiger charge is 2.06. The molecular weight excluding hydrogens is 200 g/mol. The molecular formula is C13H20N2O. The quantitative estimate of drug-likeness (QED) is 0.592. The fourth-order valence-electron chi connectivity index (χ4n) is 1.27.